The van der Waals surface area contributed by atoms with E-state index >= 15 is 0 Å². The number of anilines is 1. The third-order valence-corrected chi connectivity index (χ3v) is 8.75. The average molecular weight is 600 g/mol. The van der Waals surface area contributed by atoms with Crippen molar-refractivity contribution in [3.05, 3.63) is 54.2 Å². The summed E-state index contributed by atoms with van der Waals surface area (Å²) >= 11 is 0. The fraction of sp³-hybridized carbons (Fsp3) is 0.357. The van der Waals surface area contributed by atoms with Crippen molar-refractivity contribution in [3.8, 4) is 28.1 Å². The quantitative estimate of drug-likeness (QED) is 0.240. The Morgan fingerprint density at radius 2 is 1.88 bits per heavy atom. The molecule has 14 heteroatoms. The van der Waals surface area contributed by atoms with Crippen molar-refractivity contribution in [1.82, 2.24) is 19.6 Å². The smallest absolute Gasteiger partial charge is 0.335 e. The van der Waals surface area contributed by atoms with Crippen LogP contribution in [-0.2, 0) is 24.1 Å². The highest BCUT2D eigenvalue weighted by Gasteiger charge is 2.44. The van der Waals surface area contributed by atoms with E-state index in [1.165, 1.54) is 30.0 Å². The number of aliphatic carboxylic acids is 1. The zero-order valence-electron chi connectivity index (χ0n) is 22.9. The molecule has 42 heavy (non-hydrogen) atoms. The molecule has 1 fully saturated rings. The molecule has 0 radical (unpaired) electrons. The summed E-state index contributed by atoms with van der Waals surface area (Å²) in [4.78, 5) is 21.2. The molecule has 4 N–H and O–H groups in total. The van der Waals surface area contributed by atoms with Crippen LogP contribution in [-0.4, -0.2) is 76.4 Å². The molecule has 0 saturated heterocycles. The summed E-state index contributed by atoms with van der Waals surface area (Å²) in [6.07, 6.45) is 5.04. The average Bonchev–Trinajstić information content (AvgIpc) is 3.39. The van der Waals surface area contributed by atoms with Crippen molar-refractivity contribution in [2.75, 3.05) is 32.3 Å². The highest BCUT2D eigenvalue weighted by molar-refractivity contribution is 7.91. The number of phenolic OH excluding ortho intramolecular Hbond substituents is 1. The second-order valence-electron chi connectivity index (χ2n) is 10.3. The monoisotopic (exact) mass is 599 g/mol. The number of carboxylic acids is 1. The fourth-order valence-corrected chi connectivity index (χ4v) is 6.42. The van der Waals surface area contributed by atoms with Gasteiger partial charge in [0.05, 0.1) is 30.8 Å². The fourth-order valence-electron chi connectivity index (χ4n) is 5.37. The van der Waals surface area contributed by atoms with Crippen LogP contribution in [0.3, 0.4) is 0 Å². The van der Waals surface area contributed by atoms with Gasteiger partial charge in [0.15, 0.2) is 32.7 Å². The number of nitrogen functional groups attached to an aromatic ring is 1. The Labute approximate surface area is 240 Å². The zero-order chi connectivity index (χ0) is 30.2. The van der Waals surface area contributed by atoms with Crippen molar-refractivity contribution in [2.24, 2.45) is 0 Å². The number of pyridine rings is 1. The number of aromatic nitrogens is 4. The number of carbonyl (C=O) groups is 1. The van der Waals surface area contributed by atoms with E-state index in [1.54, 1.807) is 24.4 Å². The lowest BCUT2D eigenvalue weighted by molar-refractivity contribution is -0.173. The SMILES string of the molecule is COCCOC1(C(=O)O)CCC(c2nc3c(-c4ccc(-c5ccc(O)c(F)c5)nc4)cnn3c(N)c2S(C)(=O)=O)CC1. The van der Waals surface area contributed by atoms with Gasteiger partial charge < -0.3 is 25.4 Å². The first kappa shape index (κ1) is 29.4. The van der Waals surface area contributed by atoms with Gasteiger partial charge in [0, 0.05) is 42.2 Å². The summed E-state index contributed by atoms with van der Waals surface area (Å²) in [6.45, 7) is 0.365. The Bertz CT molecular complexity index is 1750. The number of benzene rings is 1. The number of rotatable bonds is 9. The zero-order valence-corrected chi connectivity index (χ0v) is 23.8. The second-order valence-corrected chi connectivity index (χ2v) is 12.2. The molecule has 5 rings (SSSR count). The van der Waals surface area contributed by atoms with Crippen molar-refractivity contribution >= 4 is 27.3 Å². The van der Waals surface area contributed by atoms with E-state index in [2.05, 4.69) is 10.1 Å². The number of methoxy groups -OCH3 is 1. The maximum atomic E-state index is 13.8. The van der Waals surface area contributed by atoms with E-state index in [0.717, 1.165) is 6.26 Å². The van der Waals surface area contributed by atoms with Gasteiger partial charge in [0.25, 0.3) is 0 Å². The van der Waals surface area contributed by atoms with E-state index in [1.807, 2.05) is 0 Å². The van der Waals surface area contributed by atoms with Crippen LogP contribution in [0.15, 0.2) is 47.6 Å². The number of aromatic hydroxyl groups is 1. The molecule has 12 nitrogen and oxygen atoms in total. The van der Waals surface area contributed by atoms with Crippen LogP contribution in [0.25, 0.3) is 28.0 Å². The summed E-state index contributed by atoms with van der Waals surface area (Å²) in [7, 11) is -2.34. The molecule has 4 aromatic rings. The molecule has 0 amide bonds. The van der Waals surface area contributed by atoms with Gasteiger partial charge >= 0.3 is 5.97 Å². The van der Waals surface area contributed by atoms with Crippen LogP contribution in [0.1, 0.15) is 37.3 Å². The van der Waals surface area contributed by atoms with Crippen LogP contribution in [0.5, 0.6) is 5.75 Å². The minimum Gasteiger partial charge on any atom is -0.505 e. The Kier molecular flexibility index (Phi) is 7.88. The molecule has 3 aromatic heterocycles. The third kappa shape index (κ3) is 5.40. The molecule has 0 atom stereocenters. The maximum absolute atomic E-state index is 13.8. The largest absolute Gasteiger partial charge is 0.505 e. The maximum Gasteiger partial charge on any atom is 0.335 e. The molecular formula is C28H30FN5O7S. The molecule has 1 aromatic carbocycles. The van der Waals surface area contributed by atoms with Gasteiger partial charge in [0.2, 0.25) is 0 Å². The molecule has 3 heterocycles. The van der Waals surface area contributed by atoms with Crippen molar-refractivity contribution in [3.63, 3.8) is 0 Å². The molecule has 1 saturated carbocycles. The van der Waals surface area contributed by atoms with E-state index < -0.39 is 38.9 Å². The van der Waals surface area contributed by atoms with Gasteiger partial charge in [-0.05, 0) is 49.9 Å². The Balaban J connectivity index is 1.52. The van der Waals surface area contributed by atoms with Gasteiger partial charge in [-0.25, -0.2) is 22.6 Å². The number of sulfone groups is 1. The van der Waals surface area contributed by atoms with Crippen molar-refractivity contribution in [2.45, 2.75) is 42.1 Å². The number of nitrogens with two attached hydrogens (primary N) is 1. The van der Waals surface area contributed by atoms with Gasteiger partial charge in [0.1, 0.15) is 10.7 Å². The highest BCUT2D eigenvalue weighted by Crippen LogP contribution is 2.43. The van der Waals surface area contributed by atoms with Crippen LogP contribution in [0.4, 0.5) is 10.2 Å². The topological polar surface area (TPSA) is 179 Å². The highest BCUT2D eigenvalue weighted by atomic mass is 32.2. The molecular weight excluding hydrogens is 569 g/mol. The number of carboxylic acid groups (broad SMARTS) is 1. The van der Waals surface area contributed by atoms with E-state index in [0.29, 0.717) is 40.9 Å². The summed E-state index contributed by atoms with van der Waals surface area (Å²) in [5, 5.41) is 23.7. The lowest BCUT2D eigenvalue weighted by Gasteiger charge is -2.36. The number of fused-ring (bicyclic) bond motifs is 1. The Morgan fingerprint density at radius 3 is 2.48 bits per heavy atom. The summed E-state index contributed by atoms with van der Waals surface area (Å²) in [5.41, 5.74) is 7.65. The number of phenols is 1. The number of halogens is 1. The number of hydrogen-bond acceptors (Lipinski definition) is 10. The Morgan fingerprint density at radius 1 is 1.17 bits per heavy atom. The van der Waals surface area contributed by atoms with Gasteiger partial charge in [-0.2, -0.15) is 9.61 Å². The molecule has 0 spiro atoms. The molecule has 1 aliphatic carbocycles. The number of ether oxygens (including phenoxy) is 2. The van der Waals surface area contributed by atoms with E-state index in [9.17, 15) is 27.8 Å². The minimum absolute atomic E-state index is 0.0979. The molecule has 0 aliphatic heterocycles. The molecule has 222 valence electrons. The van der Waals surface area contributed by atoms with Crippen LogP contribution in [0, 0.1) is 5.82 Å². The number of hydrogen-bond donors (Lipinski definition) is 3. The van der Waals surface area contributed by atoms with Crippen LogP contribution >= 0.6 is 0 Å². The summed E-state index contributed by atoms with van der Waals surface area (Å²) in [6, 6.07) is 7.39. The van der Waals surface area contributed by atoms with Crippen LogP contribution in [0.2, 0.25) is 0 Å². The molecule has 1 aliphatic rings. The lowest BCUT2D eigenvalue weighted by Crippen LogP contribution is -2.45. The molecule has 0 bridgehead atoms. The first-order valence-corrected chi connectivity index (χ1v) is 15.0. The lowest BCUT2D eigenvalue weighted by atomic mass is 9.77. The predicted octanol–water partition coefficient (Wildman–Crippen LogP) is 3.43. The van der Waals surface area contributed by atoms with E-state index in [4.69, 9.17) is 20.2 Å². The normalized spacial score (nSPS) is 19.3. The first-order valence-electron chi connectivity index (χ1n) is 13.1. The first-order chi connectivity index (χ1) is 19.9. The van der Waals surface area contributed by atoms with E-state index in [-0.39, 0.29) is 42.5 Å². The van der Waals surface area contributed by atoms with Gasteiger partial charge in [-0.3, -0.25) is 4.98 Å². The number of nitrogens with zero attached hydrogens (tertiary/aromatic N) is 4. The van der Waals surface area contributed by atoms with Crippen molar-refractivity contribution in [1.29, 1.82) is 0 Å². The predicted molar refractivity (Wildman–Crippen MR) is 150 cm³/mol. The summed E-state index contributed by atoms with van der Waals surface area (Å²) < 4.78 is 51.7. The third-order valence-electron chi connectivity index (χ3n) is 7.59. The van der Waals surface area contributed by atoms with Gasteiger partial charge in [-0.15, -0.1) is 0 Å². The van der Waals surface area contributed by atoms with Crippen molar-refractivity contribution < 1.29 is 37.3 Å². The second kappa shape index (κ2) is 11.3. The Hall–Kier alpha value is -4.14. The molecule has 0 unspecified atom stereocenters. The van der Waals surface area contributed by atoms with Crippen LogP contribution < -0.4 is 5.73 Å². The summed E-state index contributed by atoms with van der Waals surface area (Å²) in [5.74, 6) is -2.79. The van der Waals surface area contributed by atoms with Gasteiger partial charge in [-0.1, -0.05) is 6.07 Å². The standard InChI is InChI=1S/C28H30FN5O7S/c1-40-11-12-41-28(27(36)37)9-7-16(8-10-28)23-24(42(2,38)39)25(30)34-26(33-23)19(15-32-34)18-3-5-21(31-14-18)17-4-6-22(35)20(29)13-17/h3-6,13-16,35H,7-12,30H2,1-2H3,(H,36,37). The minimum atomic E-state index is -3.84.